The van der Waals surface area contributed by atoms with Crippen LogP contribution in [0.5, 0.6) is 0 Å². The number of hydrogen-bond acceptors (Lipinski definition) is 0. The third-order valence-electron chi connectivity index (χ3n) is 9.60. The molecule has 2 heteroatoms. The van der Waals surface area contributed by atoms with E-state index in [0.717, 1.165) is 0 Å². The molecule has 1 rings (SSSR count). The largest absolute Gasteiger partial charge is 0.256 e. The molecule has 0 N–H and O–H groups in total. The first-order valence-corrected chi connectivity index (χ1v) is 19.9. The van der Waals surface area contributed by atoms with Crippen molar-refractivity contribution in [3.8, 4) is 0 Å². The second-order valence-corrected chi connectivity index (χ2v) is 13.8. The molecule has 0 unspecified atom stereocenters. The van der Waals surface area contributed by atoms with Gasteiger partial charge in [0.25, 0.3) is 5.82 Å². The molecule has 0 aliphatic heterocycles. The Hall–Kier alpha value is -0.790. The molecule has 0 fully saturated rings. The number of unbranched alkanes of at least 4 members (excludes halogenated alkanes) is 28. The summed E-state index contributed by atoms with van der Waals surface area (Å²) in [6, 6.07) is 0. The molecule has 0 radical (unpaired) electrons. The van der Waals surface area contributed by atoms with Crippen molar-refractivity contribution in [1.29, 1.82) is 0 Å². The van der Waals surface area contributed by atoms with Gasteiger partial charge in [-0.25, -0.2) is 9.13 Å². The van der Waals surface area contributed by atoms with E-state index in [9.17, 15) is 0 Å². The molecule has 0 atom stereocenters. The highest BCUT2D eigenvalue weighted by atomic mass is 15.1. The molecule has 0 aliphatic rings. The van der Waals surface area contributed by atoms with Crippen LogP contribution in [-0.4, -0.2) is 4.57 Å². The predicted molar refractivity (Wildman–Crippen MR) is 188 cm³/mol. The zero-order chi connectivity index (χ0) is 30.2. The minimum Gasteiger partial charge on any atom is -0.234 e. The molecular weight excluding hydrogens is 508 g/mol. The van der Waals surface area contributed by atoms with Gasteiger partial charge in [-0.1, -0.05) is 188 Å². The highest BCUT2D eigenvalue weighted by Gasteiger charge is 2.16. The van der Waals surface area contributed by atoms with E-state index in [1.165, 1.54) is 219 Å². The summed E-state index contributed by atoms with van der Waals surface area (Å²) in [4.78, 5) is 0. The molecule has 248 valence electrons. The summed E-state index contributed by atoms with van der Waals surface area (Å²) in [5, 5.41) is 0. The zero-order valence-corrected chi connectivity index (χ0v) is 29.6. The Bertz CT molecular complexity index is 648. The maximum absolute atomic E-state index is 2.61. The predicted octanol–water partition coefficient (Wildman–Crippen LogP) is 13.5. The Morgan fingerprint density at radius 3 is 1.14 bits per heavy atom. The second kappa shape index (κ2) is 31.6. The van der Waals surface area contributed by atoms with Gasteiger partial charge in [0.15, 0.2) is 0 Å². The molecule has 0 aliphatic carbocycles. The van der Waals surface area contributed by atoms with Crippen LogP contribution in [0.15, 0.2) is 12.4 Å². The number of hydrogen-bond donors (Lipinski definition) is 0. The maximum Gasteiger partial charge on any atom is 0.256 e. The number of imidazole rings is 1. The Morgan fingerprint density at radius 2 is 0.738 bits per heavy atom. The molecule has 1 aromatic rings. The molecular formula is C40H79N2+. The molecule has 42 heavy (non-hydrogen) atoms. The summed E-state index contributed by atoms with van der Waals surface area (Å²) in [6.07, 6.45) is 50.4. The molecule has 0 amide bonds. The lowest BCUT2D eigenvalue weighted by Gasteiger charge is -2.07. The summed E-state index contributed by atoms with van der Waals surface area (Å²) in [6.45, 7) is 9.40. The third-order valence-corrected chi connectivity index (χ3v) is 9.60. The number of aromatic nitrogens is 2. The monoisotopic (exact) mass is 588 g/mol. The van der Waals surface area contributed by atoms with Crippen LogP contribution in [0, 0.1) is 0 Å². The van der Waals surface area contributed by atoms with Crippen LogP contribution in [-0.2, 0) is 19.5 Å². The van der Waals surface area contributed by atoms with Gasteiger partial charge in [0.05, 0.1) is 13.1 Å². The maximum atomic E-state index is 2.61. The van der Waals surface area contributed by atoms with Gasteiger partial charge in [-0.2, -0.15) is 0 Å². The van der Waals surface area contributed by atoms with Crippen LogP contribution in [0.4, 0.5) is 0 Å². The van der Waals surface area contributed by atoms with Gasteiger partial charge >= 0.3 is 0 Å². The minimum atomic E-state index is 1.23. The first-order valence-electron chi connectivity index (χ1n) is 19.9. The third kappa shape index (κ3) is 23.6. The molecule has 0 bridgehead atoms. The van der Waals surface area contributed by atoms with E-state index in [-0.39, 0.29) is 0 Å². The summed E-state index contributed by atoms with van der Waals surface area (Å²) in [5.74, 6) is 1.60. The molecule has 0 saturated heterocycles. The van der Waals surface area contributed by atoms with Crippen LogP contribution in [0.25, 0.3) is 0 Å². The Balaban J connectivity index is 2.08. The van der Waals surface area contributed by atoms with Crippen LogP contribution >= 0.6 is 0 Å². The van der Waals surface area contributed by atoms with Crippen molar-refractivity contribution in [3.05, 3.63) is 18.2 Å². The Morgan fingerprint density at radius 1 is 0.405 bits per heavy atom. The Labute approximate surface area is 266 Å². The SMILES string of the molecule is CCCCCCCCCCCCCCCCCCCn1cc[n+](CCCCCCCCCCCCC)c1CCCCC. The minimum absolute atomic E-state index is 1.23. The molecule has 0 aromatic carbocycles. The summed E-state index contributed by atoms with van der Waals surface area (Å²) < 4.78 is 5.22. The lowest BCUT2D eigenvalue weighted by Crippen LogP contribution is -2.37. The molecule has 0 saturated carbocycles. The quantitative estimate of drug-likeness (QED) is 0.0560. The van der Waals surface area contributed by atoms with E-state index in [2.05, 4.69) is 42.3 Å². The average Bonchev–Trinajstić information content (AvgIpc) is 3.38. The second-order valence-electron chi connectivity index (χ2n) is 13.8. The molecule has 0 spiro atoms. The van der Waals surface area contributed by atoms with Crippen molar-refractivity contribution in [2.45, 2.75) is 239 Å². The van der Waals surface area contributed by atoms with Gasteiger partial charge < -0.3 is 0 Å². The van der Waals surface area contributed by atoms with Crippen LogP contribution < -0.4 is 4.57 Å². The van der Waals surface area contributed by atoms with Crippen LogP contribution in [0.3, 0.4) is 0 Å². The lowest BCUT2D eigenvalue weighted by atomic mass is 10.0. The normalized spacial score (nSPS) is 11.6. The van der Waals surface area contributed by atoms with Gasteiger partial charge in [-0.15, -0.1) is 0 Å². The smallest absolute Gasteiger partial charge is 0.234 e. The van der Waals surface area contributed by atoms with E-state index in [4.69, 9.17) is 0 Å². The van der Waals surface area contributed by atoms with E-state index < -0.39 is 0 Å². The van der Waals surface area contributed by atoms with Crippen molar-refractivity contribution in [2.24, 2.45) is 0 Å². The summed E-state index contributed by atoms with van der Waals surface area (Å²) in [7, 11) is 0. The van der Waals surface area contributed by atoms with Crippen LogP contribution in [0.2, 0.25) is 0 Å². The molecule has 2 nitrogen and oxygen atoms in total. The number of nitrogens with zero attached hydrogens (tertiary/aromatic N) is 2. The van der Waals surface area contributed by atoms with E-state index >= 15 is 0 Å². The fraction of sp³-hybridized carbons (Fsp3) is 0.925. The number of rotatable bonds is 34. The molecule has 1 heterocycles. The average molecular weight is 588 g/mol. The van der Waals surface area contributed by atoms with Crippen molar-refractivity contribution in [3.63, 3.8) is 0 Å². The standard InChI is InChI=1S/C40H79N2/c1-4-7-10-12-14-16-18-19-20-21-22-23-25-27-29-31-34-37-42-39-38-41(40(42)35-32-9-6-3)36-33-30-28-26-24-17-15-13-11-8-5-2/h38-39H,4-37H2,1-3H3/q+1. The van der Waals surface area contributed by atoms with Crippen molar-refractivity contribution >= 4 is 0 Å². The number of aryl methyl sites for hydroxylation is 2. The fourth-order valence-electron chi connectivity index (χ4n) is 6.68. The fourth-order valence-corrected chi connectivity index (χ4v) is 6.68. The zero-order valence-electron chi connectivity index (χ0n) is 29.6. The van der Waals surface area contributed by atoms with E-state index in [1.807, 2.05) is 0 Å². The first kappa shape index (κ1) is 39.2. The Kier molecular flexibility index (Phi) is 29.5. The molecule has 1 aromatic heterocycles. The highest BCUT2D eigenvalue weighted by Crippen LogP contribution is 2.15. The van der Waals surface area contributed by atoms with E-state index in [0.29, 0.717) is 0 Å². The first-order chi connectivity index (χ1) is 20.8. The van der Waals surface area contributed by atoms with Crippen molar-refractivity contribution in [2.75, 3.05) is 0 Å². The van der Waals surface area contributed by atoms with Gasteiger partial charge in [-0.3, -0.25) is 0 Å². The van der Waals surface area contributed by atoms with Gasteiger partial charge in [0, 0.05) is 6.42 Å². The van der Waals surface area contributed by atoms with E-state index in [1.54, 1.807) is 5.82 Å². The summed E-state index contributed by atoms with van der Waals surface area (Å²) in [5.41, 5.74) is 0. The van der Waals surface area contributed by atoms with Gasteiger partial charge in [-0.05, 0) is 32.1 Å². The van der Waals surface area contributed by atoms with Crippen molar-refractivity contribution in [1.82, 2.24) is 4.57 Å². The van der Waals surface area contributed by atoms with Gasteiger partial charge in [0.1, 0.15) is 12.4 Å². The van der Waals surface area contributed by atoms with Crippen LogP contribution in [0.1, 0.15) is 226 Å². The highest BCUT2D eigenvalue weighted by molar-refractivity contribution is 4.84. The van der Waals surface area contributed by atoms with Gasteiger partial charge in [0.2, 0.25) is 0 Å². The topological polar surface area (TPSA) is 8.81 Å². The van der Waals surface area contributed by atoms with Crippen molar-refractivity contribution < 1.29 is 4.57 Å². The summed E-state index contributed by atoms with van der Waals surface area (Å²) >= 11 is 0. The lowest BCUT2D eigenvalue weighted by molar-refractivity contribution is -0.704.